The van der Waals surface area contributed by atoms with Crippen LogP contribution in [-0.4, -0.2) is 45.4 Å². The molecule has 1 N–H and O–H groups in total. The number of hydrogen-bond donors (Lipinski definition) is 1. The molecule has 2 aromatic heterocycles. The maximum Gasteiger partial charge on any atom is 0.331 e. The molecule has 222 valence electrons. The van der Waals surface area contributed by atoms with E-state index in [1.54, 1.807) is 6.92 Å². The Labute approximate surface area is 253 Å². The molecule has 0 aliphatic carbocycles. The zero-order valence-electron chi connectivity index (χ0n) is 24.9. The van der Waals surface area contributed by atoms with Crippen molar-refractivity contribution in [1.29, 1.82) is 0 Å². The number of thiophene rings is 1. The highest BCUT2D eigenvalue weighted by Crippen LogP contribution is 2.31. The van der Waals surface area contributed by atoms with E-state index in [1.165, 1.54) is 32.1 Å². The predicted octanol–water partition coefficient (Wildman–Crippen LogP) is 7.17. The first-order valence-corrected chi connectivity index (χ1v) is 14.7. The number of rotatable bonds is 7. The lowest BCUT2D eigenvalue weighted by Gasteiger charge is -2.26. The summed E-state index contributed by atoms with van der Waals surface area (Å²) in [6.07, 6.45) is 0.129. The van der Waals surface area contributed by atoms with Gasteiger partial charge in [-0.1, -0.05) is 43.3 Å². The molecule has 5 aromatic rings. The van der Waals surface area contributed by atoms with Gasteiger partial charge in [-0.3, -0.25) is 14.4 Å². The molecule has 0 saturated carbocycles. The minimum absolute atomic E-state index is 0.0562. The molecule has 2 heterocycles. The zero-order valence-corrected chi connectivity index (χ0v) is 25.7. The van der Waals surface area contributed by atoms with E-state index < -0.39 is 23.9 Å². The van der Waals surface area contributed by atoms with Crippen LogP contribution in [0.4, 0.5) is 0 Å². The van der Waals surface area contributed by atoms with Gasteiger partial charge in [0.15, 0.2) is 0 Å². The molecule has 1 atom stereocenters. The van der Waals surface area contributed by atoms with E-state index in [0.29, 0.717) is 21.7 Å². The van der Waals surface area contributed by atoms with Crippen molar-refractivity contribution in [2.45, 2.75) is 54.0 Å². The Bertz CT molecular complexity index is 1840. The molecule has 10 heteroatoms. The van der Waals surface area contributed by atoms with Gasteiger partial charge < -0.3 is 14.7 Å². The van der Waals surface area contributed by atoms with E-state index >= 15 is 0 Å². The van der Waals surface area contributed by atoms with Crippen molar-refractivity contribution in [3.8, 4) is 0 Å². The van der Waals surface area contributed by atoms with Gasteiger partial charge in [0.1, 0.15) is 0 Å². The van der Waals surface area contributed by atoms with Crippen LogP contribution in [0.2, 0.25) is 0 Å². The molecule has 9 nitrogen and oxygen atoms in total. The summed E-state index contributed by atoms with van der Waals surface area (Å²) < 4.78 is 1.06. The highest BCUT2D eigenvalue weighted by atomic mass is 32.1. The van der Waals surface area contributed by atoms with Crippen LogP contribution in [0.1, 0.15) is 68.8 Å². The number of nitrogens with zero attached hydrogens (tertiary/aromatic N) is 2. The second-order valence-electron chi connectivity index (χ2n) is 9.73. The van der Waals surface area contributed by atoms with Gasteiger partial charge in [0, 0.05) is 64.8 Å². The molecule has 0 fully saturated rings. The molecule has 0 aliphatic rings. The number of hydroxylamine groups is 2. The van der Waals surface area contributed by atoms with E-state index in [1.807, 2.05) is 80.6 Å². The maximum atomic E-state index is 13.4. The third-order valence-corrected chi connectivity index (χ3v) is 7.67. The Balaban J connectivity index is 0.00000207. The summed E-state index contributed by atoms with van der Waals surface area (Å²) >= 11 is 1.47. The minimum atomic E-state index is -0.633. The number of ketones is 1. The highest BCUT2D eigenvalue weighted by molar-refractivity contribution is 7.21. The summed E-state index contributed by atoms with van der Waals surface area (Å²) in [5.41, 5.74) is 3.28. The SMILES string of the molecule is CC.CC(=O)O/N=C(\CC(C)N(OC(C)=O)C(C)=O)c1ccc2[nH]c3ccc(C(=O)c4cc5ccccc5s4)cc3c2c1. The Morgan fingerprint density at radius 1 is 0.860 bits per heavy atom. The number of aromatic nitrogens is 1. The summed E-state index contributed by atoms with van der Waals surface area (Å²) in [4.78, 5) is 62.8. The number of amides is 1. The number of aromatic amines is 1. The summed E-state index contributed by atoms with van der Waals surface area (Å²) in [5.74, 6) is -1.75. The first-order valence-electron chi connectivity index (χ1n) is 13.9. The first kappa shape index (κ1) is 31.1. The molecule has 0 spiro atoms. The fourth-order valence-corrected chi connectivity index (χ4v) is 5.77. The van der Waals surface area contributed by atoms with Gasteiger partial charge in [0.05, 0.1) is 16.6 Å². The van der Waals surface area contributed by atoms with Gasteiger partial charge in [0.2, 0.25) is 5.78 Å². The predicted molar refractivity (Wildman–Crippen MR) is 169 cm³/mol. The number of H-pyrrole nitrogens is 1. The zero-order chi connectivity index (χ0) is 31.3. The topological polar surface area (TPSA) is 118 Å². The van der Waals surface area contributed by atoms with Gasteiger partial charge in [-0.25, -0.2) is 4.79 Å². The maximum absolute atomic E-state index is 13.4. The fourth-order valence-electron chi connectivity index (χ4n) is 4.75. The second kappa shape index (κ2) is 13.4. The summed E-state index contributed by atoms with van der Waals surface area (Å²) in [7, 11) is 0. The molecule has 3 aromatic carbocycles. The van der Waals surface area contributed by atoms with Crippen LogP contribution in [-0.2, 0) is 24.1 Å². The lowest BCUT2D eigenvalue weighted by atomic mass is 10.00. The lowest BCUT2D eigenvalue weighted by molar-refractivity contribution is -0.202. The Morgan fingerprint density at radius 3 is 2.09 bits per heavy atom. The molecular weight excluding hydrogens is 566 g/mol. The molecule has 0 bridgehead atoms. The lowest BCUT2D eigenvalue weighted by Crippen LogP contribution is -2.39. The van der Waals surface area contributed by atoms with E-state index in [2.05, 4.69) is 10.1 Å². The normalized spacial score (nSPS) is 12.0. The van der Waals surface area contributed by atoms with Crippen LogP contribution in [0, 0.1) is 0 Å². The molecule has 0 saturated heterocycles. The summed E-state index contributed by atoms with van der Waals surface area (Å²) in [6.45, 7) is 9.44. The standard InChI is InChI=1S/C31H27N3O6S.C2H6/c1-17(34(18(2)35)40-20(4)37)13-28(33-39-19(3)36)21-9-11-26-24(14-21)25-15-23(10-12-27(25)32-26)31(38)30-16-22-7-5-6-8-29(22)41-30;1-2/h5-12,14-17,32H,13H2,1-4H3;1-2H3/b33-28+;. The number of nitrogens with one attached hydrogen (secondary N) is 1. The average Bonchev–Trinajstić information content (AvgIpc) is 3.59. The van der Waals surface area contributed by atoms with Crippen molar-refractivity contribution < 1.29 is 28.9 Å². The largest absolute Gasteiger partial charge is 0.355 e. The van der Waals surface area contributed by atoms with Gasteiger partial charge in [0.25, 0.3) is 5.91 Å². The van der Waals surface area contributed by atoms with Crippen LogP contribution in [0.5, 0.6) is 0 Å². The van der Waals surface area contributed by atoms with Crippen molar-refractivity contribution in [3.63, 3.8) is 0 Å². The number of carbonyl (C=O) groups excluding carboxylic acids is 4. The molecule has 1 amide bonds. The fraction of sp³-hybridized carbons (Fsp3) is 0.242. The van der Waals surface area contributed by atoms with Crippen molar-refractivity contribution in [2.75, 3.05) is 0 Å². The van der Waals surface area contributed by atoms with Crippen molar-refractivity contribution in [2.24, 2.45) is 5.16 Å². The van der Waals surface area contributed by atoms with E-state index in [0.717, 1.165) is 37.0 Å². The van der Waals surface area contributed by atoms with Crippen LogP contribution < -0.4 is 0 Å². The van der Waals surface area contributed by atoms with Gasteiger partial charge in [-0.15, -0.1) is 11.3 Å². The molecule has 5 rings (SSSR count). The highest BCUT2D eigenvalue weighted by Gasteiger charge is 2.24. The Hall–Kier alpha value is -4.83. The van der Waals surface area contributed by atoms with E-state index in [9.17, 15) is 19.2 Å². The third-order valence-electron chi connectivity index (χ3n) is 6.55. The first-order chi connectivity index (χ1) is 20.6. The van der Waals surface area contributed by atoms with E-state index in [4.69, 9.17) is 9.68 Å². The van der Waals surface area contributed by atoms with Crippen LogP contribution in [0.3, 0.4) is 0 Å². The Kier molecular flexibility index (Phi) is 9.72. The molecular formula is C33H33N3O6S. The number of carbonyl (C=O) groups is 4. The molecule has 1 unspecified atom stereocenters. The third kappa shape index (κ3) is 6.98. The monoisotopic (exact) mass is 599 g/mol. The Morgan fingerprint density at radius 2 is 1.49 bits per heavy atom. The number of oxime groups is 1. The number of benzene rings is 3. The number of fused-ring (bicyclic) bond motifs is 4. The van der Waals surface area contributed by atoms with Crippen LogP contribution >= 0.6 is 11.3 Å². The summed E-state index contributed by atoms with van der Waals surface area (Å²) in [5, 5.41) is 7.75. The molecule has 0 aliphatic heterocycles. The average molecular weight is 600 g/mol. The van der Waals surface area contributed by atoms with Crippen LogP contribution in [0.25, 0.3) is 31.9 Å². The number of hydrogen-bond acceptors (Lipinski definition) is 8. The smallest absolute Gasteiger partial charge is 0.331 e. The summed E-state index contributed by atoms with van der Waals surface area (Å²) in [6, 6.07) is 20.4. The van der Waals surface area contributed by atoms with Crippen molar-refractivity contribution >= 4 is 72.6 Å². The van der Waals surface area contributed by atoms with Crippen molar-refractivity contribution in [1.82, 2.24) is 10.0 Å². The minimum Gasteiger partial charge on any atom is -0.355 e. The van der Waals surface area contributed by atoms with Gasteiger partial charge >= 0.3 is 11.9 Å². The van der Waals surface area contributed by atoms with Crippen molar-refractivity contribution in [3.05, 3.63) is 82.7 Å². The van der Waals surface area contributed by atoms with Gasteiger partial charge in [-0.2, -0.15) is 5.06 Å². The molecule has 43 heavy (non-hydrogen) atoms. The van der Waals surface area contributed by atoms with E-state index in [-0.39, 0.29) is 12.2 Å². The van der Waals surface area contributed by atoms with Gasteiger partial charge in [-0.05, 0) is 54.8 Å². The van der Waals surface area contributed by atoms with Crippen LogP contribution in [0.15, 0.2) is 71.9 Å². The quantitative estimate of drug-likeness (QED) is 0.0917. The molecule has 0 radical (unpaired) electrons. The second-order valence-corrected chi connectivity index (χ2v) is 10.8.